The zero-order valence-corrected chi connectivity index (χ0v) is 9.68. The molecule has 0 amide bonds. The predicted octanol–water partition coefficient (Wildman–Crippen LogP) is 2.74. The molecule has 0 spiro atoms. The van der Waals surface area contributed by atoms with Crippen LogP contribution < -0.4 is 0 Å². The number of rotatable bonds is 3. The Morgan fingerprint density at radius 2 is 2.41 bits per heavy atom. The molecule has 2 rings (SSSR count). The number of hydrogen-bond donors (Lipinski definition) is 0. The lowest BCUT2D eigenvalue weighted by Gasteiger charge is -2.01. The fourth-order valence-corrected chi connectivity index (χ4v) is 1.79. The maximum Gasteiger partial charge on any atom is 0.232 e. The molecule has 0 radical (unpaired) electrons. The van der Waals surface area contributed by atoms with Crippen molar-refractivity contribution in [1.82, 2.24) is 9.55 Å². The third-order valence-corrected chi connectivity index (χ3v) is 2.70. The van der Waals surface area contributed by atoms with E-state index in [2.05, 4.69) is 11.1 Å². The van der Waals surface area contributed by atoms with E-state index < -0.39 is 0 Å². The van der Waals surface area contributed by atoms with Crippen LogP contribution in [0.2, 0.25) is 0 Å². The topological polar surface area (TPSA) is 58.7 Å². The zero-order chi connectivity index (χ0) is 12.3. The summed E-state index contributed by atoms with van der Waals surface area (Å²) in [6.45, 7) is 2.04. The van der Waals surface area contributed by atoms with Crippen molar-refractivity contribution < 1.29 is 4.79 Å². The first kappa shape index (κ1) is 11.3. The number of aromatic nitrogens is 2. The number of carbonyl (C=O) groups is 1. The summed E-state index contributed by atoms with van der Waals surface area (Å²) in [7, 11) is 0. The molecule has 0 aliphatic carbocycles. The minimum absolute atomic E-state index is 0.00273. The number of hydrogen-bond acceptors (Lipinski definition) is 3. The van der Waals surface area contributed by atoms with E-state index in [9.17, 15) is 4.79 Å². The average Bonchev–Trinajstić information content (AvgIpc) is 2.75. The highest BCUT2D eigenvalue weighted by Crippen LogP contribution is 2.19. The molecular weight excluding hydrogens is 214 g/mol. The summed E-state index contributed by atoms with van der Waals surface area (Å²) < 4.78 is 1.49. The van der Waals surface area contributed by atoms with E-state index in [1.165, 1.54) is 4.57 Å². The molecule has 4 nitrogen and oxygen atoms in total. The highest BCUT2D eigenvalue weighted by Gasteiger charge is 2.13. The monoisotopic (exact) mass is 227 g/mol. The van der Waals surface area contributed by atoms with Crippen LogP contribution in [0.4, 0.5) is 0 Å². The lowest BCUT2D eigenvalue weighted by atomic mass is 10.2. The van der Waals surface area contributed by atoms with E-state index in [0.29, 0.717) is 17.6 Å². The van der Waals surface area contributed by atoms with E-state index in [-0.39, 0.29) is 5.91 Å². The second-order valence-corrected chi connectivity index (χ2v) is 3.90. The molecule has 0 saturated heterocycles. The molecule has 0 aliphatic rings. The Morgan fingerprint density at radius 3 is 3.12 bits per heavy atom. The fourth-order valence-electron chi connectivity index (χ4n) is 1.79. The van der Waals surface area contributed by atoms with Gasteiger partial charge in [-0.05, 0) is 18.6 Å². The summed E-state index contributed by atoms with van der Waals surface area (Å²) in [4.78, 5) is 16.1. The SMILES string of the molecule is CCCCC(=O)n1cc(C#N)c2cccnc21. The van der Waals surface area contributed by atoms with Gasteiger partial charge >= 0.3 is 0 Å². The van der Waals surface area contributed by atoms with Gasteiger partial charge in [0.2, 0.25) is 5.91 Å². The summed E-state index contributed by atoms with van der Waals surface area (Å²) in [5.41, 5.74) is 1.07. The Balaban J connectivity index is 2.48. The van der Waals surface area contributed by atoms with Crippen molar-refractivity contribution in [2.45, 2.75) is 26.2 Å². The Kier molecular flexibility index (Phi) is 3.20. The molecule has 17 heavy (non-hydrogen) atoms. The summed E-state index contributed by atoms with van der Waals surface area (Å²) >= 11 is 0. The summed E-state index contributed by atoms with van der Waals surface area (Å²) in [5.74, 6) is -0.00273. The van der Waals surface area contributed by atoms with Crippen molar-refractivity contribution >= 4 is 16.9 Å². The van der Waals surface area contributed by atoms with Crippen LogP contribution in [0.25, 0.3) is 11.0 Å². The third kappa shape index (κ3) is 2.04. The summed E-state index contributed by atoms with van der Waals surface area (Å²) in [5, 5.41) is 9.74. The van der Waals surface area contributed by atoms with Crippen LogP contribution in [-0.4, -0.2) is 15.5 Å². The van der Waals surface area contributed by atoms with Gasteiger partial charge in [-0.15, -0.1) is 0 Å². The van der Waals surface area contributed by atoms with E-state index in [1.54, 1.807) is 18.5 Å². The van der Waals surface area contributed by atoms with Gasteiger partial charge in [-0.1, -0.05) is 13.3 Å². The third-order valence-electron chi connectivity index (χ3n) is 2.70. The standard InChI is InChI=1S/C13H13N3O/c1-2-3-6-12(17)16-9-10(8-14)11-5-4-7-15-13(11)16/h4-5,7,9H,2-3,6H2,1H3. The van der Waals surface area contributed by atoms with Gasteiger partial charge in [-0.25, -0.2) is 4.98 Å². The molecule has 0 unspecified atom stereocenters. The minimum atomic E-state index is -0.00273. The zero-order valence-electron chi connectivity index (χ0n) is 9.68. The van der Waals surface area contributed by atoms with Gasteiger partial charge in [0.25, 0.3) is 0 Å². The van der Waals surface area contributed by atoms with Gasteiger partial charge in [0, 0.05) is 24.2 Å². The normalized spacial score (nSPS) is 10.4. The van der Waals surface area contributed by atoms with Crippen molar-refractivity contribution in [3.63, 3.8) is 0 Å². The number of nitriles is 1. The van der Waals surface area contributed by atoms with E-state index >= 15 is 0 Å². The molecule has 2 heterocycles. The quantitative estimate of drug-likeness (QED) is 0.810. The number of nitrogens with zero attached hydrogens (tertiary/aromatic N) is 3. The van der Waals surface area contributed by atoms with Crippen LogP contribution in [0.5, 0.6) is 0 Å². The lowest BCUT2D eigenvalue weighted by Crippen LogP contribution is -2.09. The van der Waals surface area contributed by atoms with Gasteiger partial charge in [0.05, 0.1) is 5.56 Å². The van der Waals surface area contributed by atoms with Crippen LogP contribution in [0, 0.1) is 11.3 Å². The Hall–Kier alpha value is -2.15. The van der Waals surface area contributed by atoms with Gasteiger partial charge in [-0.2, -0.15) is 5.26 Å². The van der Waals surface area contributed by atoms with Gasteiger partial charge in [0.15, 0.2) is 0 Å². The van der Waals surface area contributed by atoms with Gasteiger partial charge in [-0.3, -0.25) is 9.36 Å². The maximum absolute atomic E-state index is 12.0. The van der Waals surface area contributed by atoms with Crippen molar-refractivity contribution in [2.75, 3.05) is 0 Å². The summed E-state index contributed by atoms with van der Waals surface area (Å²) in [6, 6.07) is 5.67. The number of unbranched alkanes of at least 4 members (excludes halogenated alkanes) is 1. The summed E-state index contributed by atoms with van der Waals surface area (Å²) in [6.07, 6.45) is 5.53. The first-order valence-corrected chi connectivity index (χ1v) is 5.67. The molecule has 0 fully saturated rings. The number of pyridine rings is 1. The van der Waals surface area contributed by atoms with Crippen LogP contribution in [-0.2, 0) is 0 Å². The predicted molar refractivity (Wildman–Crippen MR) is 64.6 cm³/mol. The maximum atomic E-state index is 12.0. The van der Waals surface area contributed by atoms with E-state index in [0.717, 1.165) is 18.2 Å². The van der Waals surface area contributed by atoms with Crippen molar-refractivity contribution in [1.29, 1.82) is 5.26 Å². The molecule has 0 aromatic carbocycles. The van der Waals surface area contributed by atoms with Crippen LogP contribution in [0.15, 0.2) is 24.5 Å². The Morgan fingerprint density at radius 1 is 1.59 bits per heavy atom. The second kappa shape index (κ2) is 4.79. The fraction of sp³-hybridized carbons (Fsp3) is 0.308. The van der Waals surface area contributed by atoms with Crippen molar-refractivity contribution in [2.24, 2.45) is 0 Å². The molecule has 0 saturated carbocycles. The minimum Gasteiger partial charge on any atom is -0.274 e. The average molecular weight is 227 g/mol. The van der Waals surface area contributed by atoms with Gasteiger partial charge < -0.3 is 0 Å². The molecule has 0 N–H and O–H groups in total. The molecule has 0 aliphatic heterocycles. The van der Waals surface area contributed by atoms with Crippen molar-refractivity contribution in [3.05, 3.63) is 30.1 Å². The van der Waals surface area contributed by atoms with Crippen LogP contribution >= 0.6 is 0 Å². The molecule has 2 aromatic rings. The highest BCUT2D eigenvalue weighted by atomic mass is 16.2. The van der Waals surface area contributed by atoms with Crippen LogP contribution in [0.1, 0.15) is 36.5 Å². The first-order chi connectivity index (χ1) is 8.27. The second-order valence-electron chi connectivity index (χ2n) is 3.90. The number of fused-ring (bicyclic) bond motifs is 1. The number of carbonyl (C=O) groups excluding carboxylic acids is 1. The van der Waals surface area contributed by atoms with Crippen molar-refractivity contribution in [3.8, 4) is 6.07 Å². The van der Waals surface area contributed by atoms with E-state index in [1.807, 2.05) is 13.0 Å². The molecule has 86 valence electrons. The largest absolute Gasteiger partial charge is 0.274 e. The lowest BCUT2D eigenvalue weighted by molar-refractivity contribution is 0.0904. The molecule has 2 aromatic heterocycles. The molecular formula is C13H13N3O. The van der Waals surface area contributed by atoms with E-state index in [4.69, 9.17) is 5.26 Å². The Bertz CT molecular complexity index is 592. The molecule has 0 atom stereocenters. The van der Waals surface area contributed by atoms with Crippen LogP contribution in [0.3, 0.4) is 0 Å². The smallest absolute Gasteiger partial charge is 0.232 e. The molecule has 4 heteroatoms. The first-order valence-electron chi connectivity index (χ1n) is 5.67. The van der Waals surface area contributed by atoms with Gasteiger partial charge in [0.1, 0.15) is 11.7 Å². The highest BCUT2D eigenvalue weighted by molar-refractivity contribution is 5.93. The molecule has 0 bridgehead atoms. The Labute approximate surface area is 99.5 Å².